The number of carbonyl (C=O) groups is 1. The molecule has 0 radical (unpaired) electrons. The lowest BCUT2D eigenvalue weighted by Gasteiger charge is -2.06. The predicted octanol–water partition coefficient (Wildman–Crippen LogP) is 3.47. The summed E-state index contributed by atoms with van der Waals surface area (Å²) in [7, 11) is 1.62. The van der Waals surface area contributed by atoms with Crippen LogP contribution < -0.4 is 10.1 Å². The second kappa shape index (κ2) is 6.76. The van der Waals surface area contributed by atoms with E-state index in [1.54, 1.807) is 24.2 Å². The van der Waals surface area contributed by atoms with Crippen LogP contribution in [0.25, 0.3) is 16.6 Å². The number of para-hydroxylation sites is 1. The van der Waals surface area contributed by atoms with Gasteiger partial charge in [-0.15, -0.1) is 0 Å². The normalized spacial score (nSPS) is 10.8. The SMILES string of the molecule is COc1cccc(-n2cc(NC(=O)Cn3ccc4ccccc43)cn2)c1. The van der Waals surface area contributed by atoms with Gasteiger partial charge in [-0.25, -0.2) is 4.68 Å². The van der Waals surface area contributed by atoms with Crippen molar-refractivity contribution >= 4 is 22.5 Å². The first kappa shape index (κ1) is 16.0. The molecule has 2 heterocycles. The molecular weight excluding hydrogens is 328 g/mol. The zero-order valence-corrected chi connectivity index (χ0v) is 14.3. The fourth-order valence-corrected chi connectivity index (χ4v) is 2.92. The highest BCUT2D eigenvalue weighted by Gasteiger charge is 2.08. The van der Waals surface area contributed by atoms with Gasteiger partial charge < -0.3 is 14.6 Å². The Morgan fingerprint density at radius 1 is 1.15 bits per heavy atom. The van der Waals surface area contributed by atoms with Crippen molar-refractivity contribution in [1.29, 1.82) is 0 Å². The average Bonchev–Trinajstić information content (AvgIpc) is 3.29. The lowest BCUT2D eigenvalue weighted by molar-refractivity contribution is -0.116. The predicted molar refractivity (Wildman–Crippen MR) is 101 cm³/mol. The van der Waals surface area contributed by atoms with Gasteiger partial charge in [-0.2, -0.15) is 5.10 Å². The molecule has 6 nitrogen and oxygen atoms in total. The molecule has 2 aromatic carbocycles. The maximum Gasteiger partial charge on any atom is 0.244 e. The molecule has 2 aromatic heterocycles. The van der Waals surface area contributed by atoms with Gasteiger partial charge >= 0.3 is 0 Å². The van der Waals surface area contributed by atoms with Crippen molar-refractivity contribution in [2.24, 2.45) is 0 Å². The van der Waals surface area contributed by atoms with Crippen LogP contribution in [0.3, 0.4) is 0 Å². The van der Waals surface area contributed by atoms with Crippen molar-refractivity contribution in [3.05, 3.63) is 73.2 Å². The van der Waals surface area contributed by atoms with E-state index in [2.05, 4.69) is 10.4 Å². The molecule has 0 aliphatic heterocycles. The van der Waals surface area contributed by atoms with Crippen LogP contribution in [0.4, 0.5) is 5.69 Å². The van der Waals surface area contributed by atoms with Crippen molar-refractivity contribution < 1.29 is 9.53 Å². The Bertz CT molecular complexity index is 1060. The first-order chi connectivity index (χ1) is 12.7. The summed E-state index contributed by atoms with van der Waals surface area (Å²) in [4.78, 5) is 12.4. The molecular formula is C20H18N4O2. The van der Waals surface area contributed by atoms with E-state index in [0.29, 0.717) is 5.69 Å². The van der Waals surface area contributed by atoms with Gasteiger partial charge in [0.2, 0.25) is 5.91 Å². The minimum atomic E-state index is -0.100. The Balaban J connectivity index is 1.47. The summed E-state index contributed by atoms with van der Waals surface area (Å²) in [6.07, 6.45) is 5.33. The van der Waals surface area contributed by atoms with Crippen LogP contribution in [-0.2, 0) is 11.3 Å². The lowest BCUT2D eigenvalue weighted by atomic mass is 10.2. The molecule has 4 aromatic rings. The van der Waals surface area contributed by atoms with E-state index in [1.807, 2.05) is 65.4 Å². The average molecular weight is 346 g/mol. The topological polar surface area (TPSA) is 61.1 Å². The lowest BCUT2D eigenvalue weighted by Crippen LogP contribution is -2.17. The highest BCUT2D eigenvalue weighted by Crippen LogP contribution is 2.18. The highest BCUT2D eigenvalue weighted by molar-refractivity contribution is 5.91. The molecule has 0 aliphatic carbocycles. The molecule has 0 aliphatic rings. The van der Waals surface area contributed by atoms with Crippen LogP contribution in [0.5, 0.6) is 5.75 Å². The number of hydrogen-bond donors (Lipinski definition) is 1. The number of fused-ring (bicyclic) bond motifs is 1. The van der Waals surface area contributed by atoms with Gasteiger partial charge in [0, 0.05) is 17.8 Å². The Hall–Kier alpha value is -3.54. The third kappa shape index (κ3) is 3.17. The number of benzene rings is 2. The van der Waals surface area contributed by atoms with Crippen LogP contribution >= 0.6 is 0 Å². The molecule has 0 unspecified atom stereocenters. The van der Waals surface area contributed by atoms with E-state index in [-0.39, 0.29) is 12.5 Å². The summed E-state index contributed by atoms with van der Waals surface area (Å²) in [6.45, 7) is 0.248. The highest BCUT2D eigenvalue weighted by atomic mass is 16.5. The van der Waals surface area contributed by atoms with Crippen LogP contribution in [0, 0.1) is 0 Å². The fraction of sp³-hybridized carbons (Fsp3) is 0.100. The zero-order chi connectivity index (χ0) is 17.9. The van der Waals surface area contributed by atoms with Crippen LogP contribution in [0.2, 0.25) is 0 Å². The number of amides is 1. The molecule has 26 heavy (non-hydrogen) atoms. The number of nitrogens with zero attached hydrogens (tertiary/aromatic N) is 3. The largest absolute Gasteiger partial charge is 0.497 e. The molecule has 4 rings (SSSR count). The molecule has 0 saturated heterocycles. The summed E-state index contributed by atoms with van der Waals surface area (Å²) in [5, 5.41) is 8.31. The van der Waals surface area contributed by atoms with Crippen LogP contribution in [0.15, 0.2) is 73.2 Å². The van der Waals surface area contributed by atoms with Crippen molar-refractivity contribution in [1.82, 2.24) is 14.3 Å². The second-order valence-corrected chi connectivity index (χ2v) is 5.93. The minimum absolute atomic E-state index is 0.100. The van der Waals surface area contributed by atoms with E-state index >= 15 is 0 Å². The monoisotopic (exact) mass is 346 g/mol. The van der Waals surface area contributed by atoms with Gasteiger partial charge in [0.05, 0.1) is 30.9 Å². The van der Waals surface area contributed by atoms with E-state index in [9.17, 15) is 4.79 Å². The molecule has 1 N–H and O–H groups in total. The maximum atomic E-state index is 12.4. The quantitative estimate of drug-likeness (QED) is 0.602. The van der Waals surface area contributed by atoms with Crippen molar-refractivity contribution in [3.8, 4) is 11.4 Å². The molecule has 0 atom stereocenters. The molecule has 0 fully saturated rings. The summed E-state index contributed by atoms with van der Waals surface area (Å²) < 4.78 is 8.85. The van der Waals surface area contributed by atoms with Gasteiger partial charge in [0.15, 0.2) is 0 Å². The third-order valence-electron chi connectivity index (χ3n) is 4.18. The van der Waals surface area contributed by atoms with Gasteiger partial charge in [-0.1, -0.05) is 24.3 Å². The van der Waals surface area contributed by atoms with E-state index < -0.39 is 0 Å². The Kier molecular flexibility index (Phi) is 4.15. The Morgan fingerprint density at radius 2 is 2.04 bits per heavy atom. The maximum absolute atomic E-state index is 12.4. The van der Waals surface area contributed by atoms with E-state index in [1.165, 1.54) is 0 Å². The molecule has 130 valence electrons. The first-order valence-electron chi connectivity index (χ1n) is 8.26. The van der Waals surface area contributed by atoms with Crippen LogP contribution in [-0.4, -0.2) is 27.4 Å². The molecule has 6 heteroatoms. The molecule has 0 saturated carbocycles. The summed E-state index contributed by atoms with van der Waals surface area (Å²) in [5.41, 5.74) is 2.55. The summed E-state index contributed by atoms with van der Waals surface area (Å²) in [6, 6.07) is 17.6. The number of ether oxygens (including phenoxy) is 1. The first-order valence-corrected chi connectivity index (χ1v) is 8.26. The van der Waals surface area contributed by atoms with E-state index in [0.717, 1.165) is 22.3 Å². The number of rotatable bonds is 5. The minimum Gasteiger partial charge on any atom is -0.497 e. The smallest absolute Gasteiger partial charge is 0.244 e. The Labute approximate surface area is 150 Å². The van der Waals surface area contributed by atoms with E-state index in [4.69, 9.17) is 4.74 Å². The van der Waals surface area contributed by atoms with Gasteiger partial charge in [0.25, 0.3) is 0 Å². The fourth-order valence-electron chi connectivity index (χ4n) is 2.92. The van der Waals surface area contributed by atoms with Crippen molar-refractivity contribution in [3.63, 3.8) is 0 Å². The van der Waals surface area contributed by atoms with Gasteiger partial charge in [-0.3, -0.25) is 4.79 Å². The van der Waals surface area contributed by atoms with Crippen molar-refractivity contribution in [2.75, 3.05) is 12.4 Å². The zero-order valence-electron chi connectivity index (χ0n) is 14.3. The number of aromatic nitrogens is 3. The Morgan fingerprint density at radius 3 is 2.92 bits per heavy atom. The van der Waals surface area contributed by atoms with Gasteiger partial charge in [-0.05, 0) is 29.7 Å². The summed E-state index contributed by atoms with van der Waals surface area (Å²) >= 11 is 0. The molecule has 1 amide bonds. The third-order valence-corrected chi connectivity index (χ3v) is 4.18. The van der Waals surface area contributed by atoms with Crippen molar-refractivity contribution in [2.45, 2.75) is 6.54 Å². The summed E-state index contributed by atoms with van der Waals surface area (Å²) in [5.74, 6) is 0.652. The number of methoxy groups -OCH3 is 1. The number of hydrogen-bond acceptors (Lipinski definition) is 3. The van der Waals surface area contributed by atoms with Gasteiger partial charge in [0.1, 0.15) is 12.3 Å². The van der Waals surface area contributed by atoms with Crippen LogP contribution in [0.1, 0.15) is 0 Å². The second-order valence-electron chi connectivity index (χ2n) is 5.93. The number of anilines is 1. The molecule has 0 spiro atoms. The molecule has 0 bridgehead atoms. The number of carbonyl (C=O) groups excluding carboxylic acids is 1. The number of nitrogens with one attached hydrogen (secondary N) is 1. The standard InChI is InChI=1S/C20H18N4O2/c1-26-18-7-4-6-17(11-18)24-13-16(12-21-24)22-20(25)14-23-10-9-15-5-2-3-8-19(15)23/h2-13H,14H2,1H3,(H,22,25).